The van der Waals surface area contributed by atoms with Gasteiger partial charge in [0.25, 0.3) is 0 Å². The average Bonchev–Trinajstić information content (AvgIpc) is 3.21. The molecule has 0 spiro atoms. The van der Waals surface area contributed by atoms with Crippen LogP contribution in [0, 0.1) is 0 Å². The molecular weight excluding hydrogens is 396 g/mol. The smallest absolute Gasteiger partial charge is 0.223 e. The Morgan fingerprint density at radius 2 is 1.69 bits per heavy atom. The lowest BCUT2D eigenvalue weighted by molar-refractivity contribution is -0.131. The van der Waals surface area contributed by atoms with E-state index in [1.54, 1.807) is 7.11 Å². The van der Waals surface area contributed by atoms with Gasteiger partial charge in [0.1, 0.15) is 5.75 Å². The second-order valence-corrected chi connectivity index (χ2v) is 8.43. The van der Waals surface area contributed by atoms with Gasteiger partial charge in [-0.3, -0.25) is 4.79 Å². The predicted molar refractivity (Wildman–Crippen MR) is 129 cm³/mol. The molecule has 0 aromatic heterocycles. The number of rotatable bonds is 10. The maximum Gasteiger partial charge on any atom is 0.223 e. The lowest BCUT2D eigenvalue weighted by atomic mass is 9.96. The number of nitrogens with one attached hydrogen (secondary N) is 1. The fourth-order valence-electron chi connectivity index (χ4n) is 4.65. The summed E-state index contributed by atoms with van der Waals surface area (Å²) < 4.78 is 5.31. The normalized spacial score (nSPS) is 16.8. The van der Waals surface area contributed by atoms with E-state index in [0.717, 1.165) is 38.1 Å². The summed E-state index contributed by atoms with van der Waals surface area (Å²) in [4.78, 5) is 15.2. The van der Waals surface area contributed by atoms with Crippen LogP contribution in [0.4, 0.5) is 0 Å². The minimum atomic E-state index is 0.0667. The zero-order valence-electron chi connectivity index (χ0n) is 18.7. The highest BCUT2D eigenvalue weighted by Crippen LogP contribution is 2.34. The number of benzene rings is 3. The van der Waals surface area contributed by atoms with Crippen molar-refractivity contribution in [3.05, 3.63) is 102 Å². The second-order valence-electron chi connectivity index (χ2n) is 8.43. The van der Waals surface area contributed by atoms with E-state index in [2.05, 4.69) is 70.9 Å². The van der Waals surface area contributed by atoms with E-state index in [-0.39, 0.29) is 18.0 Å². The third kappa shape index (κ3) is 5.57. The van der Waals surface area contributed by atoms with Gasteiger partial charge in [-0.05, 0) is 54.6 Å². The highest BCUT2D eigenvalue weighted by Gasteiger charge is 2.36. The van der Waals surface area contributed by atoms with Crippen molar-refractivity contribution in [3.8, 4) is 5.75 Å². The third-order valence-electron chi connectivity index (χ3n) is 6.28. The van der Waals surface area contributed by atoms with Gasteiger partial charge in [0.05, 0.1) is 13.2 Å². The average molecular weight is 429 g/mol. The van der Waals surface area contributed by atoms with Crippen molar-refractivity contribution in [3.63, 3.8) is 0 Å². The van der Waals surface area contributed by atoms with Crippen LogP contribution in [-0.4, -0.2) is 30.5 Å². The molecule has 1 aliphatic rings. The van der Waals surface area contributed by atoms with Gasteiger partial charge < -0.3 is 15.0 Å². The zero-order valence-corrected chi connectivity index (χ0v) is 18.7. The first-order valence-corrected chi connectivity index (χ1v) is 11.5. The number of nitrogens with zero attached hydrogens (tertiary/aromatic N) is 1. The van der Waals surface area contributed by atoms with Crippen molar-refractivity contribution >= 4 is 5.91 Å². The first kappa shape index (κ1) is 22.1. The number of carbonyl (C=O) groups is 1. The van der Waals surface area contributed by atoms with Crippen molar-refractivity contribution in [2.75, 3.05) is 13.7 Å². The molecule has 3 aromatic rings. The Kier molecular flexibility index (Phi) is 7.57. The number of hydrogen-bond donors (Lipinski definition) is 1. The van der Waals surface area contributed by atoms with E-state index in [4.69, 9.17) is 4.74 Å². The quantitative estimate of drug-likeness (QED) is 0.454. The van der Waals surface area contributed by atoms with Gasteiger partial charge in [-0.1, -0.05) is 72.8 Å². The van der Waals surface area contributed by atoms with E-state index < -0.39 is 0 Å². The van der Waals surface area contributed by atoms with Crippen LogP contribution in [0.3, 0.4) is 0 Å². The van der Waals surface area contributed by atoms with Gasteiger partial charge in [0, 0.05) is 19.0 Å². The van der Waals surface area contributed by atoms with E-state index in [0.29, 0.717) is 6.42 Å². The Morgan fingerprint density at radius 1 is 0.969 bits per heavy atom. The molecule has 32 heavy (non-hydrogen) atoms. The molecule has 1 aliphatic heterocycles. The third-order valence-corrected chi connectivity index (χ3v) is 6.28. The topological polar surface area (TPSA) is 41.6 Å². The standard InChI is InChI=1S/C28H32N2O2/c1-32-26-14-8-11-23(19-26)21-29-18-17-25-15-16-28(31)30(25)27(24-12-6-3-7-13-24)20-22-9-4-2-5-10-22/h2-14,19,25,27,29H,15-18,20-21H2,1H3. The van der Waals surface area contributed by atoms with Crippen molar-refractivity contribution in [1.82, 2.24) is 10.2 Å². The summed E-state index contributed by atoms with van der Waals surface area (Å²) in [5, 5.41) is 3.55. The van der Waals surface area contributed by atoms with Gasteiger partial charge in [0.2, 0.25) is 5.91 Å². The molecule has 3 aromatic carbocycles. The molecule has 0 saturated carbocycles. The van der Waals surface area contributed by atoms with Crippen molar-refractivity contribution in [2.45, 2.75) is 44.3 Å². The van der Waals surface area contributed by atoms with Crippen molar-refractivity contribution in [1.29, 1.82) is 0 Å². The minimum absolute atomic E-state index is 0.0667. The summed E-state index contributed by atoms with van der Waals surface area (Å²) in [6.07, 6.45) is 3.36. The van der Waals surface area contributed by atoms with Crippen LogP contribution < -0.4 is 10.1 Å². The molecule has 1 saturated heterocycles. The van der Waals surface area contributed by atoms with Crippen LogP contribution in [0.2, 0.25) is 0 Å². The van der Waals surface area contributed by atoms with E-state index in [1.807, 2.05) is 24.3 Å². The van der Waals surface area contributed by atoms with E-state index in [1.165, 1.54) is 16.7 Å². The fraction of sp³-hybridized carbons (Fsp3) is 0.321. The first-order chi connectivity index (χ1) is 15.7. The van der Waals surface area contributed by atoms with Crippen LogP contribution in [0.5, 0.6) is 5.75 Å². The highest BCUT2D eigenvalue weighted by molar-refractivity contribution is 5.79. The second kappa shape index (κ2) is 11.0. The number of amides is 1. The molecule has 1 amide bonds. The van der Waals surface area contributed by atoms with Gasteiger partial charge >= 0.3 is 0 Å². The molecule has 0 bridgehead atoms. The Morgan fingerprint density at radius 3 is 2.44 bits per heavy atom. The summed E-state index contributed by atoms with van der Waals surface area (Å²) in [6, 6.07) is 29.4. The molecule has 0 radical (unpaired) electrons. The SMILES string of the molecule is COc1cccc(CNCCC2CCC(=O)N2C(Cc2ccccc2)c2ccccc2)c1. The van der Waals surface area contributed by atoms with Crippen molar-refractivity contribution < 1.29 is 9.53 Å². The molecule has 2 unspecified atom stereocenters. The number of ether oxygens (including phenoxy) is 1. The summed E-state index contributed by atoms with van der Waals surface area (Å²) in [5.41, 5.74) is 3.67. The Labute approximate surface area is 191 Å². The maximum absolute atomic E-state index is 13.0. The fourth-order valence-corrected chi connectivity index (χ4v) is 4.65. The van der Waals surface area contributed by atoms with Gasteiger partial charge in [-0.25, -0.2) is 0 Å². The largest absolute Gasteiger partial charge is 0.497 e. The van der Waals surface area contributed by atoms with Crippen molar-refractivity contribution in [2.24, 2.45) is 0 Å². The lowest BCUT2D eigenvalue weighted by Crippen LogP contribution is -2.39. The van der Waals surface area contributed by atoms with Crippen LogP contribution in [0.25, 0.3) is 0 Å². The summed E-state index contributed by atoms with van der Waals surface area (Å²) >= 11 is 0. The van der Waals surface area contributed by atoms with Gasteiger partial charge in [-0.2, -0.15) is 0 Å². The molecule has 0 aliphatic carbocycles. The molecule has 2 atom stereocenters. The summed E-state index contributed by atoms with van der Waals surface area (Å²) in [6.45, 7) is 1.67. The Balaban J connectivity index is 1.43. The maximum atomic E-state index is 13.0. The molecular formula is C28H32N2O2. The van der Waals surface area contributed by atoms with E-state index in [9.17, 15) is 4.79 Å². The molecule has 1 heterocycles. The Hall–Kier alpha value is -3.11. The van der Waals surface area contributed by atoms with Crippen LogP contribution in [-0.2, 0) is 17.8 Å². The van der Waals surface area contributed by atoms with Gasteiger partial charge in [0.15, 0.2) is 0 Å². The van der Waals surface area contributed by atoms with Crippen LogP contribution in [0.1, 0.15) is 42.0 Å². The summed E-state index contributed by atoms with van der Waals surface area (Å²) in [7, 11) is 1.69. The van der Waals surface area contributed by atoms with Crippen LogP contribution >= 0.6 is 0 Å². The zero-order chi connectivity index (χ0) is 22.2. The lowest BCUT2D eigenvalue weighted by Gasteiger charge is -2.34. The molecule has 4 rings (SSSR count). The molecule has 1 fully saturated rings. The molecule has 166 valence electrons. The van der Waals surface area contributed by atoms with Gasteiger partial charge in [-0.15, -0.1) is 0 Å². The molecule has 4 nitrogen and oxygen atoms in total. The highest BCUT2D eigenvalue weighted by atomic mass is 16.5. The number of methoxy groups -OCH3 is 1. The Bertz CT molecular complexity index is 991. The monoisotopic (exact) mass is 428 g/mol. The number of likely N-dealkylation sites (tertiary alicyclic amines) is 1. The summed E-state index contributed by atoms with van der Waals surface area (Å²) in [5.74, 6) is 1.15. The molecule has 4 heteroatoms. The number of hydrogen-bond acceptors (Lipinski definition) is 3. The minimum Gasteiger partial charge on any atom is -0.497 e. The van der Waals surface area contributed by atoms with Crippen LogP contribution in [0.15, 0.2) is 84.9 Å². The first-order valence-electron chi connectivity index (χ1n) is 11.5. The molecule has 1 N–H and O–H groups in total. The van der Waals surface area contributed by atoms with E-state index >= 15 is 0 Å². The number of carbonyl (C=O) groups excluding carboxylic acids is 1. The predicted octanol–water partition coefficient (Wildman–Crippen LogP) is 5.15.